The molecular formula is C34H44N4O4. The molecule has 0 spiro atoms. The highest BCUT2D eigenvalue weighted by Crippen LogP contribution is 2.35. The van der Waals surface area contributed by atoms with E-state index in [0.29, 0.717) is 19.0 Å². The molecule has 0 fully saturated rings. The number of nitrogens with zero attached hydrogens (tertiary/aromatic N) is 3. The van der Waals surface area contributed by atoms with E-state index in [9.17, 15) is 14.4 Å². The fraction of sp³-hybridized carbons (Fsp3) is 0.441. The van der Waals surface area contributed by atoms with Crippen LogP contribution in [0.1, 0.15) is 53.5 Å². The van der Waals surface area contributed by atoms with E-state index in [2.05, 4.69) is 42.3 Å². The summed E-state index contributed by atoms with van der Waals surface area (Å²) in [4.78, 5) is 45.8. The molecule has 2 atom stereocenters. The highest BCUT2D eigenvalue weighted by Gasteiger charge is 2.36. The Morgan fingerprint density at radius 3 is 2.31 bits per heavy atom. The molecule has 3 aromatic rings. The summed E-state index contributed by atoms with van der Waals surface area (Å²) in [6.45, 7) is 12.7. The van der Waals surface area contributed by atoms with Crippen LogP contribution in [0.15, 0.2) is 66.7 Å². The lowest BCUT2D eigenvalue weighted by Crippen LogP contribution is -2.56. The van der Waals surface area contributed by atoms with Gasteiger partial charge >= 0.3 is 6.09 Å². The van der Waals surface area contributed by atoms with Gasteiger partial charge in [0.25, 0.3) is 5.91 Å². The highest BCUT2D eigenvalue weighted by atomic mass is 16.6. The Balaban J connectivity index is 1.68. The minimum atomic E-state index is -0.839. The largest absolute Gasteiger partial charge is 0.444 e. The molecule has 1 aliphatic heterocycles. The molecule has 0 aromatic heterocycles. The number of hydrogen-bond donors (Lipinski definition) is 1. The zero-order valence-electron chi connectivity index (χ0n) is 25.9. The highest BCUT2D eigenvalue weighted by molar-refractivity contribution is 6.04. The molecule has 0 saturated carbocycles. The van der Waals surface area contributed by atoms with Gasteiger partial charge in [-0.3, -0.25) is 14.5 Å². The molecule has 1 N–H and O–H groups in total. The van der Waals surface area contributed by atoms with Gasteiger partial charge in [0.15, 0.2) is 0 Å². The Morgan fingerprint density at radius 1 is 0.976 bits per heavy atom. The van der Waals surface area contributed by atoms with Crippen LogP contribution >= 0.6 is 0 Å². The fourth-order valence-corrected chi connectivity index (χ4v) is 5.12. The molecular weight excluding hydrogens is 528 g/mol. The van der Waals surface area contributed by atoms with Crippen LogP contribution in [0.3, 0.4) is 0 Å². The standard InChI is InChI=1S/C34H44N4O4/c1-23(2)19-20-37-22-28(35-31(39)24(3)36(7)33(41)42-34(4,5)6)32(40)38(30-18-11-10-17-29(30)37)21-26-15-12-14-25-13-8-9-16-27(25)26/h8-18,23-24,28H,19-22H2,1-7H3,(H,35,39)/t24-,28-/m0/s1. The van der Waals surface area contributed by atoms with E-state index in [4.69, 9.17) is 4.74 Å². The lowest BCUT2D eigenvalue weighted by Gasteiger charge is -2.30. The quantitative estimate of drug-likeness (QED) is 0.359. The lowest BCUT2D eigenvalue weighted by molar-refractivity contribution is -0.130. The minimum absolute atomic E-state index is 0.192. The van der Waals surface area contributed by atoms with Gasteiger partial charge in [-0.2, -0.15) is 0 Å². The molecule has 1 aliphatic rings. The van der Waals surface area contributed by atoms with Crippen molar-refractivity contribution in [3.05, 3.63) is 72.3 Å². The van der Waals surface area contributed by atoms with Crippen molar-refractivity contribution < 1.29 is 19.1 Å². The number of hydrogen-bond acceptors (Lipinski definition) is 5. The van der Waals surface area contributed by atoms with Crippen LogP contribution in [-0.2, 0) is 20.9 Å². The Kier molecular flexibility index (Phi) is 9.44. The van der Waals surface area contributed by atoms with Gasteiger partial charge in [-0.15, -0.1) is 0 Å². The van der Waals surface area contributed by atoms with Crippen molar-refractivity contribution >= 4 is 40.1 Å². The molecule has 0 radical (unpaired) electrons. The maximum Gasteiger partial charge on any atom is 0.410 e. The molecule has 224 valence electrons. The summed E-state index contributed by atoms with van der Waals surface area (Å²) in [5.41, 5.74) is 2.11. The maximum atomic E-state index is 14.4. The van der Waals surface area contributed by atoms with Crippen molar-refractivity contribution in [3.8, 4) is 0 Å². The van der Waals surface area contributed by atoms with Gasteiger partial charge < -0.3 is 19.9 Å². The van der Waals surface area contributed by atoms with Gasteiger partial charge in [-0.1, -0.05) is 68.4 Å². The van der Waals surface area contributed by atoms with Gasteiger partial charge in [0.2, 0.25) is 5.91 Å². The van der Waals surface area contributed by atoms with Gasteiger partial charge in [0.05, 0.1) is 17.9 Å². The number of amides is 3. The van der Waals surface area contributed by atoms with Crippen LogP contribution in [0.25, 0.3) is 10.8 Å². The van der Waals surface area contributed by atoms with Crippen molar-refractivity contribution in [1.29, 1.82) is 0 Å². The average Bonchev–Trinajstić information content (AvgIpc) is 3.05. The van der Waals surface area contributed by atoms with Crippen LogP contribution in [0.5, 0.6) is 0 Å². The monoisotopic (exact) mass is 572 g/mol. The van der Waals surface area contributed by atoms with Gasteiger partial charge in [-0.25, -0.2) is 4.79 Å². The summed E-state index contributed by atoms with van der Waals surface area (Å²) in [7, 11) is 1.53. The van der Waals surface area contributed by atoms with Crippen molar-refractivity contribution in [2.75, 3.05) is 29.9 Å². The second kappa shape index (κ2) is 12.8. The van der Waals surface area contributed by atoms with E-state index in [-0.39, 0.29) is 5.91 Å². The lowest BCUT2D eigenvalue weighted by atomic mass is 10.0. The van der Waals surface area contributed by atoms with E-state index < -0.39 is 29.7 Å². The molecule has 0 unspecified atom stereocenters. The first-order chi connectivity index (χ1) is 19.9. The molecule has 3 amide bonds. The second-order valence-corrected chi connectivity index (χ2v) is 12.5. The van der Waals surface area contributed by atoms with E-state index in [1.165, 1.54) is 11.9 Å². The number of carbonyl (C=O) groups excluding carboxylic acids is 3. The minimum Gasteiger partial charge on any atom is -0.444 e. The summed E-state index contributed by atoms with van der Waals surface area (Å²) in [6.07, 6.45) is 0.338. The number of anilines is 2. The maximum absolute atomic E-state index is 14.4. The number of carbonyl (C=O) groups is 3. The molecule has 0 bridgehead atoms. The summed E-state index contributed by atoms with van der Waals surface area (Å²) < 4.78 is 5.46. The third-order valence-corrected chi connectivity index (χ3v) is 7.62. The first-order valence-corrected chi connectivity index (χ1v) is 14.7. The first-order valence-electron chi connectivity index (χ1n) is 14.7. The number of likely N-dealkylation sites (N-methyl/N-ethyl adjacent to an activating group) is 1. The van der Waals surface area contributed by atoms with Gasteiger partial charge in [0.1, 0.15) is 17.7 Å². The predicted octanol–water partition coefficient (Wildman–Crippen LogP) is 5.98. The zero-order valence-corrected chi connectivity index (χ0v) is 25.9. The average molecular weight is 573 g/mol. The Bertz CT molecular complexity index is 1430. The van der Waals surface area contributed by atoms with Crippen LogP contribution in [0.4, 0.5) is 16.2 Å². The summed E-state index contributed by atoms with van der Waals surface area (Å²) >= 11 is 0. The molecule has 3 aromatic carbocycles. The van der Waals surface area contributed by atoms with E-state index in [1.807, 2.05) is 48.5 Å². The number of ether oxygens (including phenoxy) is 1. The Morgan fingerprint density at radius 2 is 1.62 bits per heavy atom. The second-order valence-electron chi connectivity index (χ2n) is 12.5. The van der Waals surface area contributed by atoms with Crippen LogP contribution < -0.4 is 15.1 Å². The van der Waals surface area contributed by atoms with Crippen LogP contribution in [0.2, 0.25) is 0 Å². The topological polar surface area (TPSA) is 82.2 Å². The van der Waals surface area contributed by atoms with Gasteiger partial charge in [0, 0.05) is 20.1 Å². The fourth-order valence-electron chi connectivity index (χ4n) is 5.12. The van der Waals surface area contributed by atoms with E-state index >= 15 is 0 Å². The smallest absolute Gasteiger partial charge is 0.410 e. The van der Waals surface area contributed by atoms with Crippen molar-refractivity contribution in [3.63, 3.8) is 0 Å². The van der Waals surface area contributed by atoms with Gasteiger partial charge in [-0.05, 0) is 68.5 Å². The van der Waals surface area contributed by atoms with Crippen molar-refractivity contribution in [2.45, 2.75) is 72.2 Å². The van der Waals surface area contributed by atoms with Crippen molar-refractivity contribution in [1.82, 2.24) is 10.2 Å². The predicted molar refractivity (Wildman–Crippen MR) is 169 cm³/mol. The third kappa shape index (κ3) is 7.22. The normalized spacial score (nSPS) is 16.2. The van der Waals surface area contributed by atoms with Crippen LogP contribution in [-0.4, -0.2) is 60.6 Å². The van der Waals surface area contributed by atoms with E-state index in [1.54, 1.807) is 32.6 Å². The number of para-hydroxylation sites is 2. The Hall–Kier alpha value is -4.07. The first kappa shape index (κ1) is 30.9. The van der Waals surface area contributed by atoms with E-state index in [0.717, 1.165) is 40.7 Å². The Labute approximate surface area is 249 Å². The summed E-state index contributed by atoms with van der Waals surface area (Å²) in [6, 6.07) is 20.6. The molecule has 42 heavy (non-hydrogen) atoms. The molecule has 0 aliphatic carbocycles. The number of benzene rings is 3. The van der Waals surface area contributed by atoms with Crippen molar-refractivity contribution in [2.24, 2.45) is 5.92 Å². The number of nitrogens with one attached hydrogen (secondary N) is 1. The number of fused-ring (bicyclic) bond motifs is 2. The number of rotatable bonds is 8. The van der Waals surface area contributed by atoms with Crippen LogP contribution in [0, 0.1) is 5.92 Å². The molecule has 1 heterocycles. The zero-order chi connectivity index (χ0) is 30.6. The molecule has 8 nitrogen and oxygen atoms in total. The molecule has 8 heteroatoms. The summed E-state index contributed by atoms with van der Waals surface area (Å²) in [5.74, 6) is -0.136. The summed E-state index contributed by atoms with van der Waals surface area (Å²) in [5, 5.41) is 5.18. The molecule has 4 rings (SSSR count). The SMILES string of the molecule is CC(C)CCN1C[C@H](NC(=O)[C@H](C)N(C)C(=O)OC(C)(C)C)C(=O)N(Cc2cccc3ccccc23)c2ccccc21. The third-order valence-electron chi connectivity index (χ3n) is 7.62. The molecule has 0 saturated heterocycles.